The van der Waals surface area contributed by atoms with Gasteiger partial charge < -0.3 is 4.90 Å². The molecule has 0 bridgehead atoms. The molecule has 0 unspecified atom stereocenters. The summed E-state index contributed by atoms with van der Waals surface area (Å²) in [6, 6.07) is 15.7. The molecule has 3 heteroatoms. The van der Waals surface area contributed by atoms with E-state index >= 15 is 0 Å². The topological polar surface area (TPSA) is 44.1 Å². The minimum atomic E-state index is 0.0611. The Bertz CT molecular complexity index is 787. The third-order valence-corrected chi connectivity index (χ3v) is 3.98. The largest absolute Gasteiger partial charge is 0.334 e. The summed E-state index contributed by atoms with van der Waals surface area (Å²) in [4.78, 5) is 14.5. The van der Waals surface area contributed by atoms with Crippen molar-refractivity contribution in [1.82, 2.24) is 4.90 Å². The zero-order chi connectivity index (χ0) is 17.5. The van der Waals surface area contributed by atoms with E-state index < -0.39 is 0 Å². The highest BCUT2D eigenvalue weighted by Gasteiger charge is 2.15. The van der Waals surface area contributed by atoms with E-state index in [1.165, 1.54) is 0 Å². The van der Waals surface area contributed by atoms with Gasteiger partial charge in [-0.2, -0.15) is 5.26 Å². The molecule has 0 aliphatic heterocycles. The van der Waals surface area contributed by atoms with Gasteiger partial charge in [-0.15, -0.1) is 6.58 Å². The first-order chi connectivity index (χ1) is 11.5. The molecular weight excluding hydrogens is 296 g/mol. The lowest BCUT2D eigenvalue weighted by atomic mass is 10.0. The predicted octanol–water partition coefficient (Wildman–Crippen LogP) is 3.93. The third kappa shape index (κ3) is 4.57. The van der Waals surface area contributed by atoms with Crippen molar-refractivity contribution < 1.29 is 4.79 Å². The van der Waals surface area contributed by atoms with Crippen LogP contribution in [-0.4, -0.2) is 17.4 Å². The van der Waals surface area contributed by atoms with Gasteiger partial charge in [-0.3, -0.25) is 4.79 Å². The fourth-order valence-electron chi connectivity index (χ4n) is 2.64. The van der Waals surface area contributed by atoms with Gasteiger partial charge in [0.2, 0.25) is 5.91 Å². The van der Waals surface area contributed by atoms with Crippen LogP contribution < -0.4 is 0 Å². The highest BCUT2D eigenvalue weighted by molar-refractivity contribution is 5.79. The van der Waals surface area contributed by atoms with E-state index in [1.807, 2.05) is 38.1 Å². The Kier molecular flexibility index (Phi) is 5.92. The lowest BCUT2D eigenvalue weighted by Gasteiger charge is -2.22. The third-order valence-electron chi connectivity index (χ3n) is 3.98. The molecule has 1 amide bonds. The Morgan fingerprint density at radius 3 is 2.75 bits per heavy atom. The van der Waals surface area contributed by atoms with Gasteiger partial charge in [-0.1, -0.05) is 42.0 Å². The van der Waals surface area contributed by atoms with Crippen molar-refractivity contribution in [2.45, 2.75) is 26.8 Å². The average Bonchev–Trinajstić information content (AvgIpc) is 2.58. The second kappa shape index (κ2) is 8.12. The van der Waals surface area contributed by atoms with Crippen molar-refractivity contribution in [3.63, 3.8) is 0 Å². The molecule has 2 aromatic rings. The number of carbonyl (C=O) groups is 1. The summed E-state index contributed by atoms with van der Waals surface area (Å²) < 4.78 is 0. The number of benzene rings is 2. The van der Waals surface area contributed by atoms with Crippen molar-refractivity contribution in [3.8, 4) is 6.07 Å². The molecule has 3 nitrogen and oxygen atoms in total. The van der Waals surface area contributed by atoms with Gasteiger partial charge in [-0.05, 0) is 42.7 Å². The minimum Gasteiger partial charge on any atom is -0.334 e. The first-order valence-electron chi connectivity index (χ1n) is 7.97. The number of aryl methyl sites for hydroxylation is 2. The Morgan fingerprint density at radius 2 is 2.04 bits per heavy atom. The van der Waals surface area contributed by atoms with Crippen LogP contribution in [-0.2, 0) is 17.8 Å². The molecule has 0 saturated heterocycles. The van der Waals surface area contributed by atoms with Gasteiger partial charge >= 0.3 is 0 Å². The standard InChI is InChI=1S/C21H22N2O/c1-4-10-23(15-19-7-5-6-18(12-19)14-22)21(24)13-20-11-16(2)8-9-17(20)3/h4-9,11-12H,1,10,13,15H2,2-3H3. The molecule has 0 atom stereocenters. The van der Waals surface area contributed by atoms with Crippen molar-refractivity contribution in [2.24, 2.45) is 0 Å². The van der Waals surface area contributed by atoms with Gasteiger partial charge in [0.25, 0.3) is 0 Å². The van der Waals surface area contributed by atoms with Crippen LogP contribution in [0.3, 0.4) is 0 Å². The number of hydrogen-bond donors (Lipinski definition) is 0. The molecule has 0 aliphatic carbocycles. The van der Waals surface area contributed by atoms with E-state index in [4.69, 9.17) is 5.26 Å². The van der Waals surface area contributed by atoms with Crippen molar-refractivity contribution in [2.75, 3.05) is 6.54 Å². The minimum absolute atomic E-state index is 0.0611. The number of rotatable bonds is 6. The second-order valence-electron chi connectivity index (χ2n) is 5.98. The van der Waals surface area contributed by atoms with Crippen molar-refractivity contribution in [1.29, 1.82) is 5.26 Å². The van der Waals surface area contributed by atoms with E-state index in [-0.39, 0.29) is 5.91 Å². The Labute approximate surface area is 143 Å². The normalized spacial score (nSPS) is 10.0. The van der Waals surface area contributed by atoms with Gasteiger partial charge in [0.1, 0.15) is 0 Å². The van der Waals surface area contributed by atoms with Gasteiger partial charge in [0, 0.05) is 13.1 Å². The molecule has 0 radical (unpaired) electrons. The Balaban J connectivity index is 2.17. The van der Waals surface area contributed by atoms with Crippen LogP contribution in [0.1, 0.15) is 27.8 Å². The van der Waals surface area contributed by atoms with Crippen LogP contribution in [0.5, 0.6) is 0 Å². The maximum absolute atomic E-state index is 12.7. The van der Waals surface area contributed by atoms with E-state index in [1.54, 1.807) is 17.0 Å². The maximum Gasteiger partial charge on any atom is 0.227 e. The Hall–Kier alpha value is -2.86. The second-order valence-corrected chi connectivity index (χ2v) is 5.98. The van der Waals surface area contributed by atoms with E-state index in [9.17, 15) is 4.79 Å². The number of nitriles is 1. The molecule has 0 aromatic heterocycles. The smallest absolute Gasteiger partial charge is 0.227 e. The summed E-state index contributed by atoms with van der Waals surface area (Å²) in [5.74, 6) is 0.0611. The molecule has 0 aliphatic rings. The van der Waals surface area contributed by atoms with Crippen LogP contribution in [0.4, 0.5) is 0 Å². The highest BCUT2D eigenvalue weighted by atomic mass is 16.2. The zero-order valence-electron chi connectivity index (χ0n) is 14.2. The van der Waals surface area contributed by atoms with Crippen LogP contribution >= 0.6 is 0 Å². The van der Waals surface area contributed by atoms with Crippen molar-refractivity contribution in [3.05, 3.63) is 82.9 Å². The number of nitrogens with zero attached hydrogens (tertiary/aromatic N) is 2. The van der Waals surface area contributed by atoms with Gasteiger partial charge in [0.05, 0.1) is 18.1 Å². The molecule has 2 aromatic carbocycles. The first kappa shape index (κ1) is 17.5. The first-order valence-corrected chi connectivity index (χ1v) is 7.97. The monoisotopic (exact) mass is 318 g/mol. The van der Waals surface area contributed by atoms with Crippen LogP contribution in [0.2, 0.25) is 0 Å². The molecule has 2 rings (SSSR count). The summed E-state index contributed by atoms with van der Waals surface area (Å²) in [6.45, 7) is 8.77. The molecule has 0 spiro atoms. The summed E-state index contributed by atoms with van der Waals surface area (Å²) in [6.07, 6.45) is 2.11. The van der Waals surface area contributed by atoms with E-state index in [2.05, 4.69) is 24.8 Å². The van der Waals surface area contributed by atoms with E-state index in [0.29, 0.717) is 25.1 Å². The van der Waals surface area contributed by atoms with Crippen LogP contribution in [0.15, 0.2) is 55.1 Å². The number of amides is 1. The van der Waals surface area contributed by atoms with Gasteiger partial charge in [-0.25, -0.2) is 0 Å². The molecular formula is C21H22N2O. The van der Waals surface area contributed by atoms with Crippen LogP contribution in [0, 0.1) is 25.2 Å². The molecule has 0 heterocycles. The molecule has 0 fully saturated rings. The van der Waals surface area contributed by atoms with Crippen LogP contribution in [0.25, 0.3) is 0 Å². The quantitative estimate of drug-likeness (QED) is 0.757. The number of carbonyl (C=O) groups excluding carboxylic acids is 1. The molecule has 122 valence electrons. The number of hydrogen-bond acceptors (Lipinski definition) is 2. The molecule has 24 heavy (non-hydrogen) atoms. The highest BCUT2D eigenvalue weighted by Crippen LogP contribution is 2.14. The SMILES string of the molecule is C=CCN(Cc1cccc(C#N)c1)C(=O)Cc1cc(C)ccc1C. The summed E-state index contributed by atoms with van der Waals surface area (Å²) in [5.41, 5.74) is 4.89. The summed E-state index contributed by atoms with van der Waals surface area (Å²) >= 11 is 0. The molecule has 0 saturated carbocycles. The lowest BCUT2D eigenvalue weighted by Crippen LogP contribution is -2.32. The zero-order valence-corrected chi connectivity index (χ0v) is 14.2. The molecule has 0 N–H and O–H groups in total. The van der Waals surface area contributed by atoms with E-state index in [0.717, 1.165) is 22.3 Å². The summed E-state index contributed by atoms with van der Waals surface area (Å²) in [7, 11) is 0. The predicted molar refractivity (Wildman–Crippen MR) is 96.4 cm³/mol. The fraction of sp³-hybridized carbons (Fsp3) is 0.238. The average molecular weight is 318 g/mol. The fourth-order valence-corrected chi connectivity index (χ4v) is 2.64. The maximum atomic E-state index is 12.7. The Morgan fingerprint density at radius 1 is 1.25 bits per heavy atom. The van der Waals surface area contributed by atoms with Gasteiger partial charge in [0.15, 0.2) is 0 Å². The lowest BCUT2D eigenvalue weighted by molar-refractivity contribution is -0.130. The summed E-state index contributed by atoms with van der Waals surface area (Å²) in [5, 5.41) is 9.01. The van der Waals surface area contributed by atoms with Crippen molar-refractivity contribution >= 4 is 5.91 Å².